The van der Waals surface area contributed by atoms with Crippen LogP contribution in [0.15, 0.2) is 73.1 Å². The van der Waals surface area contributed by atoms with Gasteiger partial charge in [-0.2, -0.15) is 5.10 Å². The first-order chi connectivity index (χ1) is 12.2. The lowest BCUT2D eigenvalue weighted by Crippen LogP contribution is -2.11. The van der Waals surface area contributed by atoms with Gasteiger partial charge in [-0.25, -0.2) is 4.68 Å². The molecular formula is C21H22N4. The minimum atomic E-state index is 0.601. The van der Waals surface area contributed by atoms with E-state index in [2.05, 4.69) is 54.5 Å². The normalized spacial score (nSPS) is 13.5. The van der Waals surface area contributed by atoms with Crippen molar-refractivity contribution in [2.45, 2.75) is 25.7 Å². The second kappa shape index (κ2) is 6.48. The van der Waals surface area contributed by atoms with Gasteiger partial charge >= 0.3 is 0 Å². The van der Waals surface area contributed by atoms with E-state index in [1.165, 1.54) is 18.4 Å². The smallest absolute Gasteiger partial charge is 0.135 e. The second-order valence-electron chi connectivity index (χ2n) is 6.57. The molecule has 2 N–H and O–H groups in total. The van der Waals surface area contributed by atoms with Gasteiger partial charge < -0.3 is 10.6 Å². The Morgan fingerprint density at radius 3 is 2.44 bits per heavy atom. The summed E-state index contributed by atoms with van der Waals surface area (Å²) in [4.78, 5) is 0. The molecular weight excluding hydrogens is 308 g/mol. The number of benzene rings is 2. The van der Waals surface area contributed by atoms with Crippen LogP contribution in [0.1, 0.15) is 30.0 Å². The SMILES string of the molecule is C=C(Nc1ccc(C)cc1)Nc1cc(C2CC2)nn1-c1ccccc1. The van der Waals surface area contributed by atoms with Gasteiger partial charge in [-0.3, -0.25) is 0 Å². The molecule has 1 saturated carbocycles. The first-order valence-corrected chi connectivity index (χ1v) is 8.64. The van der Waals surface area contributed by atoms with Crippen molar-refractivity contribution < 1.29 is 0 Å². The fraction of sp³-hybridized carbons (Fsp3) is 0.190. The Labute approximate surface area is 148 Å². The molecule has 0 unspecified atom stereocenters. The summed E-state index contributed by atoms with van der Waals surface area (Å²) in [5, 5.41) is 11.5. The van der Waals surface area contributed by atoms with E-state index in [0.29, 0.717) is 5.92 Å². The number of hydrogen-bond donors (Lipinski definition) is 2. The third-order valence-electron chi connectivity index (χ3n) is 4.35. The number of nitrogens with zero attached hydrogens (tertiary/aromatic N) is 2. The molecule has 0 amide bonds. The number of nitrogens with one attached hydrogen (secondary N) is 2. The average Bonchev–Trinajstić information content (AvgIpc) is 3.39. The van der Waals surface area contributed by atoms with Crippen molar-refractivity contribution in [3.05, 3.63) is 84.3 Å². The Hall–Kier alpha value is -3.01. The Kier molecular flexibility index (Phi) is 4.02. The second-order valence-corrected chi connectivity index (χ2v) is 6.57. The zero-order valence-corrected chi connectivity index (χ0v) is 14.4. The molecule has 0 bridgehead atoms. The molecule has 0 radical (unpaired) electrons. The summed E-state index contributed by atoms with van der Waals surface area (Å²) < 4.78 is 1.95. The Bertz CT molecular complexity index is 874. The topological polar surface area (TPSA) is 41.9 Å². The van der Waals surface area contributed by atoms with E-state index in [-0.39, 0.29) is 0 Å². The summed E-state index contributed by atoms with van der Waals surface area (Å²) in [5.41, 5.74) is 4.44. The van der Waals surface area contributed by atoms with Gasteiger partial charge in [0.1, 0.15) is 11.6 Å². The van der Waals surface area contributed by atoms with E-state index in [1.54, 1.807) is 0 Å². The number of aryl methyl sites for hydroxylation is 1. The molecule has 25 heavy (non-hydrogen) atoms. The van der Waals surface area contributed by atoms with Gasteiger partial charge in [-0.15, -0.1) is 0 Å². The van der Waals surface area contributed by atoms with Crippen molar-refractivity contribution >= 4 is 11.5 Å². The lowest BCUT2D eigenvalue weighted by atomic mass is 10.2. The van der Waals surface area contributed by atoms with Crippen LogP contribution in [0.2, 0.25) is 0 Å². The highest BCUT2D eigenvalue weighted by molar-refractivity contribution is 5.56. The third kappa shape index (κ3) is 3.58. The molecule has 126 valence electrons. The van der Waals surface area contributed by atoms with Crippen LogP contribution >= 0.6 is 0 Å². The largest absolute Gasteiger partial charge is 0.342 e. The molecule has 1 aliphatic rings. The fourth-order valence-corrected chi connectivity index (χ4v) is 2.83. The maximum absolute atomic E-state index is 4.80. The maximum atomic E-state index is 4.80. The highest BCUT2D eigenvalue weighted by Gasteiger charge is 2.27. The van der Waals surface area contributed by atoms with E-state index in [1.807, 2.05) is 35.0 Å². The Morgan fingerprint density at radius 1 is 1.04 bits per heavy atom. The van der Waals surface area contributed by atoms with Gasteiger partial charge in [0.05, 0.1) is 11.4 Å². The minimum Gasteiger partial charge on any atom is -0.342 e. The van der Waals surface area contributed by atoms with Crippen LogP contribution < -0.4 is 10.6 Å². The summed E-state index contributed by atoms with van der Waals surface area (Å²) in [7, 11) is 0. The monoisotopic (exact) mass is 330 g/mol. The minimum absolute atomic E-state index is 0.601. The van der Waals surface area contributed by atoms with Crippen molar-refractivity contribution in [3.8, 4) is 5.69 Å². The number of anilines is 2. The maximum Gasteiger partial charge on any atom is 0.135 e. The van der Waals surface area contributed by atoms with Gasteiger partial charge in [-0.1, -0.05) is 42.5 Å². The summed E-state index contributed by atoms with van der Waals surface area (Å²) in [6.07, 6.45) is 2.46. The molecule has 4 rings (SSSR count). The van der Waals surface area contributed by atoms with E-state index in [9.17, 15) is 0 Å². The van der Waals surface area contributed by atoms with E-state index in [4.69, 9.17) is 5.10 Å². The molecule has 2 aromatic carbocycles. The molecule has 0 spiro atoms. The lowest BCUT2D eigenvalue weighted by Gasteiger charge is -2.14. The molecule has 1 fully saturated rings. The summed E-state index contributed by atoms with van der Waals surface area (Å²) in [5.74, 6) is 2.25. The number of para-hydroxylation sites is 1. The van der Waals surface area contributed by atoms with Crippen LogP contribution in [0.3, 0.4) is 0 Å². The van der Waals surface area contributed by atoms with Crippen molar-refractivity contribution in [3.63, 3.8) is 0 Å². The molecule has 1 heterocycles. The lowest BCUT2D eigenvalue weighted by molar-refractivity contribution is 0.841. The van der Waals surface area contributed by atoms with Crippen molar-refractivity contribution in [2.75, 3.05) is 10.6 Å². The predicted octanol–water partition coefficient (Wildman–Crippen LogP) is 5.05. The molecule has 3 aromatic rings. The first-order valence-electron chi connectivity index (χ1n) is 8.64. The van der Waals surface area contributed by atoms with Gasteiger partial charge in [0, 0.05) is 17.7 Å². The number of aromatic nitrogens is 2. The van der Waals surface area contributed by atoms with E-state index >= 15 is 0 Å². The van der Waals surface area contributed by atoms with E-state index in [0.717, 1.165) is 28.7 Å². The Morgan fingerprint density at radius 2 is 1.76 bits per heavy atom. The highest BCUT2D eigenvalue weighted by Crippen LogP contribution is 2.40. The van der Waals surface area contributed by atoms with Crippen LogP contribution in [-0.2, 0) is 0 Å². The molecule has 0 saturated heterocycles. The van der Waals surface area contributed by atoms with Crippen LogP contribution in [0, 0.1) is 6.92 Å². The molecule has 0 aliphatic heterocycles. The third-order valence-corrected chi connectivity index (χ3v) is 4.35. The van der Waals surface area contributed by atoms with Crippen LogP contribution in [0.5, 0.6) is 0 Å². The first kappa shape index (κ1) is 15.5. The zero-order chi connectivity index (χ0) is 17.2. The summed E-state index contributed by atoms with van der Waals surface area (Å²) in [6, 6.07) is 20.6. The van der Waals surface area contributed by atoms with Gasteiger partial charge in [0.15, 0.2) is 0 Å². The number of hydrogen-bond acceptors (Lipinski definition) is 3. The predicted molar refractivity (Wildman–Crippen MR) is 103 cm³/mol. The van der Waals surface area contributed by atoms with Crippen molar-refractivity contribution in [1.82, 2.24) is 9.78 Å². The summed E-state index contributed by atoms with van der Waals surface area (Å²) >= 11 is 0. The highest BCUT2D eigenvalue weighted by atomic mass is 15.3. The molecule has 4 nitrogen and oxygen atoms in total. The van der Waals surface area contributed by atoms with Crippen molar-refractivity contribution in [2.24, 2.45) is 0 Å². The quantitative estimate of drug-likeness (QED) is 0.664. The van der Waals surface area contributed by atoms with Gasteiger partial charge in [-0.05, 0) is 44.0 Å². The van der Waals surface area contributed by atoms with E-state index < -0.39 is 0 Å². The van der Waals surface area contributed by atoms with Crippen LogP contribution in [-0.4, -0.2) is 9.78 Å². The molecule has 0 atom stereocenters. The Balaban J connectivity index is 1.56. The average molecular weight is 330 g/mol. The zero-order valence-electron chi connectivity index (χ0n) is 14.4. The molecule has 1 aromatic heterocycles. The fourth-order valence-electron chi connectivity index (χ4n) is 2.83. The van der Waals surface area contributed by atoms with Crippen molar-refractivity contribution in [1.29, 1.82) is 0 Å². The number of rotatable bonds is 6. The standard InChI is InChI=1S/C21H22N4/c1-15-8-12-18(13-9-15)22-16(2)23-21-14-20(17-10-11-17)24-25(21)19-6-4-3-5-7-19/h3-9,12-14,17,22-23H,2,10-11H2,1H3. The van der Waals surface area contributed by atoms with Crippen LogP contribution in [0.25, 0.3) is 5.69 Å². The van der Waals surface area contributed by atoms with Gasteiger partial charge in [0.2, 0.25) is 0 Å². The summed E-state index contributed by atoms with van der Waals surface area (Å²) in [6.45, 7) is 6.19. The molecule has 4 heteroatoms. The molecule has 1 aliphatic carbocycles. The van der Waals surface area contributed by atoms with Crippen LogP contribution in [0.4, 0.5) is 11.5 Å². The van der Waals surface area contributed by atoms with Gasteiger partial charge in [0.25, 0.3) is 0 Å².